The Morgan fingerprint density at radius 2 is 1.65 bits per heavy atom. The number of aryl methyl sites for hydroxylation is 2. The molecule has 0 aliphatic rings. The van der Waals surface area contributed by atoms with Crippen LogP contribution in [0.1, 0.15) is 30.7 Å². The van der Waals surface area contributed by atoms with Crippen LogP contribution in [-0.4, -0.2) is 15.3 Å². The van der Waals surface area contributed by atoms with E-state index in [9.17, 15) is 4.79 Å². The largest absolute Gasteiger partial charge is 0.369 e. The summed E-state index contributed by atoms with van der Waals surface area (Å²) in [4.78, 5) is 16.1. The van der Waals surface area contributed by atoms with Crippen LogP contribution >= 0.6 is 0 Å². The molecule has 0 bridgehead atoms. The summed E-state index contributed by atoms with van der Waals surface area (Å²) in [6, 6.07) is 12.1. The number of pyridine rings is 1. The zero-order valence-corrected chi connectivity index (χ0v) is 14.1. The topological polar surface area (TPSA) is 60.4 Å². The maximum absolute atomic E-state index is 11.4. The Kier molecular flexibility index (Phi) is 5.16. The predicted octanol–water partition coefficient (Wildman–Crippen LogP) is 3.67. The van der Waals surface area contributed by atoms with E-state index < -0.39 is 0 Å². The summed E-state index contributed by atoms with van der Waals surface area (Å²) >= 11 is 0. The van der Waals surface area contributed by atoms with Gasteiger partial charge in [0.1, 0.15) is 5.65 Å². The number of imidazole rings is 1. The number of benzene rings is 1. The van der Waals surface area contributed by atoms with Gasteiger partial charge in [-0.3, -0.25) is 4.79 Å². The highest BCUT2D eigenvalue weighted by atomic mass is 16.1. The molecule has 3 rings (SSSR count). The number of fused-ring (bicyclic) bond motifs is 1. The Balaban J connectivity index is 0.000000924. The van der Waals surface area contributed by atoms with E-state index in [1.54, 1.807) is 0 Å². The molecule has 0 unspecified atom stereocenters. The van der Waals surface area contributed by atoms with E-state index in [1.807, 2.05) is 74.7 Å². The lowest BCUT2D eigenvalue weighted by Crippen LogP contribution is -2.15. The molecule has 0 saturated heterocycles. The molecule has 0 aliphatic heterocycles. The molecule has 0 fully saturated rings. The van der Waals surface area contributed by atoms with E-state index in [-0.39, 0.29) is 12.3 Å². The van der Waals surface area contributed by atoms with Crippen molar-refractivity contribution in [1.29, 1.82) is 0 Å². The number of nitrogens with two attached hydrogens (primary N) is 1. The number of aromatic nitrogens is 2. The molecule has 1 amide bonds. The summed E-state index contributed by atoms with van der Waals surface area (Å²) in [6.45, 7) is 8.06. The molecule has 2 heterocycles. The third kappa shape index (κ3) is 3.59. The van der Waals surface area contributed by atoms with Gasteiger partial charge in [0.15, 0.2) is 0 Å². The van der Waals surface area contributed by atoms with E-state index >= 15 is 0 Å². The van der Waals surface area contributed by atoms with Crippen molar-refractivity contribution in [1.82, 2.24) is 9.38 Å². The summed E-state index contributed by atoms with van der Waals surface area (Å²) in [5, 5.41) is 0. The van der Waals surface area contributed by atoms with Crippen LogP contribution in [0.4, 0.5) is 0 Å². The first-order valence-corrected chi connectivity index (χ1v) is 7.87. The Hall–Kier alpha value is -2.62. The fraction of sp³-hybridized carbons (Fsp3) is 0.263. The highest BCUT2D eigenvalue weighted by molar-refractivity contribution is 5.80. The first kappa shape index (κ1) is 16.7. The van der Waals surface area contributed by atoms with Crippen LogP contribution in [0, 0.1) is 13.8 Å². The van der Waals surface area contributed by atoms with Gasteiger partial charge < -0.3 is 10.1 Å². The molecule has 0 radical (unpaired) electrons. The van der Waals surface area contributed by atoms with E-state index in [0.717, 1.165) is 28.2 Å². The molecular formula is C19H23N3O. The number of hydrogen-bond donors (Lipinski definition) is 1. The molecule has 0 saturated carbocycles. The molecule has 3 aromatic rings. The van der Waals surface area contributed by atoms with Gasteiger partial charge >= 0.3 is 0 Å². The maximum Gasteiger partial charge on any atom is 0.223 e. The first-order chi connectivity index (χ1) is 11.0. The third-order valence-electron chi connectivity index (χ3n) is 3.53. The molecule has 0 aliphatic carbocycles. The molecule has 2 aromatic heterocycles. The minimum absolute atomic E-state index is 0.174. The van der Waals surface area contributed by atoms with E-state index in [1.165, 1.54) is 5.56 Å². The number of rotatable bonds is 3. The summed E-state index contributed by atoms with van der Waals surface area (Å²) in [6.07, 6.45) is 2.16. The summed E-state index contributed by atoms with van der Waals surface area (Å²) < 4.78 is 1.95. The number of nitrogens with zero attached hydrogens (tertiary/aromatic N) is 2. The van der Waals surface area contributed by atoms with E-state index in [4.69, 9.17) is 5.73 Å². The molecule has 2 N–H and O–H groups in total. The molecule has 120 valence electrons. The van der Waals surface area contributed by atoms with Crippen LogP contribution in [0.25, 0.3) is 16.9 Å². The molecule has 0 atom stereocenters. The van der Waals surface area contributed by atoms with Crippen molar-refractivity contribution in [3.05, 3.63) is 59.4 Å². The van der Waals surface area contributed by atoms with E-state index in [2.05, 4.69) is 4.98 Å². The standard InChI is InChI=1S/C17H17N3O.C2H6/c1-11-3-6-13(7-4-11)17-14(9-15(18)21)20-10-12(2)5-8-16(20)19-17;1-2/h3-8,10H,9H2,1-2H3,(H2,18,21);1-2H3. The van der Waals surface area contributed by atoms with Gasteiger partial charge in [0.2, 0.25) is 5.91 Å². The van der Waals surface area contributed by atoms with Gasteiger partial charge in [-0.15, -0.1) is 0 Å². The zero-order valence-electron chi connectivity index (χ0n) is 14.1. The lowest BCUT2D eigenvalue weighted by molar-refractivity contribution is -0.117. The van der Waals surface area contributed by atoms with Gasteiger partial charge in [0, 0.05) is 11.8 Å². The predicted molar refractivity (Wildman–Crippen MR) is 94.3 cm³/mol. The maximum atomic E-state index is 11.4. The summed E-state index contributed by atoms with van der Waals surface area (Å²) in [5.74, 6) is -0.355. The highest BCUT2D eigenvalue weighted by Gasteiger charge is 2.15. The van der Waals surface area contributed by atoms with E-state index in [0.29, 0.717) is 0 Å². The van der Waals surface area contributed by atoms with Gasteiger partial charge in [0.25, 0.3) is 0 Å². The average Bonchev–Trinajstić information content (AvgIpc) is 2.87. The average molecular weight is 309 g/mol. The Morgan fingerprint density at radius 3 is 2.26 bits per heavy atom. The first-order valence-electron chi connectivity index (χ1n) is 7.87. The number of carbonyl (C=O) groups is 1. The molecule has 1 aromatic carbocycles. The SMILES string of the molecule is CC.Cc1ccc(-c2nc3ccc(C)cn3c2CC(N)=O)cc1. The molecular weight excluding hydrogens is 286 g/mol. The normalized spacial score (nSPS) is 10.3. The Morgan fingerprint density at radius 1 is 1.04 bits per heavy atom. The van der Waals surface area contributed by atoms with Crippen molar-refractivity contribution >= 4 is 11.6 Å². The highest BCUT2D eigenvalue weighted by Crippen LogP contribution is 2.25. The molecule has 4 heteroatoms. The van der Waals surface area contributed by atoms with Crippen LogP contribution in [0.5, 0.6) is 0 Å². The number of amides is 1. The number of hydrogen-bond acceptors (Lipinski definition) is 2. The van der Waals surface area contributed by atoms with Crippen LogP contribution in [0.15, 0.2) is 42.6 Å². The molecule has 4 nitrogen and oxygen atoms in total. The quantitative estimate of drug-likeness (QED) is 0.802. The fourth-order valence-electron chi connectivity index (χ4n) is 2.48. The number of primary amides is 1. The Labute approximate surface area is 137 Å². The van der Waals surface area contributed by atoms with Gasteiger partial charge in [-0.25, -0.2) is 4.98 Å². The summed E-state index contributed by atoms with van der Waals surface area (Å²) in [5.41, 5.74) is 11.2. The third-order valence-corrected chi connectivity index (χ3v) is 3.53. The van der Waals surface area contributed by atoms with Crippen molar-refractivity contribution < 1.29 is 4.79 Å². The fourth-order valence-corrected chi connectivity index (χ4v) is 2.48. The summed E-state index contributed by atoms with van der Waals surface area (Å²) in [7, 11) is 0. The minimum atomic E-state index is -0.355. The smallest absolute Gasteiger partial charge is 0.223 e. The van der Waals surface area contributed by atoms with Gasteiger partial charge in [0.05, 0.1) is 17.8 Å². The van der Waals surface area contributed by atoms with Crippen LogP contribution in [-0.2, 0) is 11.2 Å². The lowest BCUT2D eigenvalue weighted by atomic mass is 10.1. The van der Waals surface area contributed by atoms with Crippen molar-refractivity contribution in [2.75, 3.05) is 0 Å². The van der Waals surface area contributed by atoms with Gasteiger partial charge in [-0.1, -0.05) is 49.7 Å². The molecule has 0 spiro atoms. The molecule has 23 heavy (non-hydrogen) atoms. The van der Waals surface area contributed by atoms with Crippen molar-refractivity contribution in [2.24, 2.45) is 5.73 Å². The van der Waals surface area contributed by atoms with Gasteiger partial charge in [-0.2, -0.15) is 0 Å². The second-order valence-electron chi connectivity index (χ2n) is 5.35. The van der Waals surface area contributed by atoms with Gasteiger partial charge in [-0.05, 0) is 25.5 Å². The second kappa shape index (κ2) is 7.09. The minimum Gasteiger partial charge on any atom is -0.369 e. The van der Waals surface area contributed by atoms with Crippen molar-refractivity contribution in [2.45, 2.75) is 34.1 Å². The lowest BCUT2D eigenvalue weighted by Gasteiger charge is -2.04. The second-order valence-corrected chi connectivity index (χ2v) is 5.35. The van der Waals surface area contributed by atoms with Crippen molar-refractivity contribution in [3.63, 3.8) is 0 Å². The van der Waals surface area contributed by atoms with Crippen LogP contribution in [0.2, 0.25) is 0 Å². The van der Waals surface area contributed by atoms with Crippen LogP contribution < -0.4 is 5.73 Å². The Bertz CT molecular complexity index is 816. The number of carbonyl (C=O) groups excluding carboxylic acids is 1. The monoisotopic (exact) mass is 309 g/mol. The zero-order chi connectivity index (χ0) is 17.0. The van der Waals surface area contributed by atoms with Crippen molar-refractivity contribution in [3.8, 4) is 11.3 Å². The van der Waals surface area contributed by atoms with Crippen LogP contribution in [0.3, 0.4) is 0 Å².